The van der Waals surface area contributed by atoms with Crippen molar-refractivity contribution in [2.45, 2.75) is 59.1 Å². The number of benzene rings is 2. The molecule has 4 aromatic rings. The van der Waals surface area contributed by atoms with Crippen molar-refractivity contribution in [3.8, 4) is 11.1 Å². The van der Waals surface area contributed by atoms with Gasteiger partial charge in [-0.1, -0.05) is 67.4 Å². The summed E-state index contributed by atoms with van der Waals surface area (Å²) in [7, 11) is 0. The van der Waals surface area contributed by atoms with Gasteiger partial charge in [0.05, 0.1) is 11.1 Å². The maximum Gasteiger partial charge on any atom is 0.339 e. The van der Waals surface area contributed by atoms with Crippen molar-refractivity contribution >= 4 is 28.6 Å². The normalized spacial score (nSPS) is 11.7. The Labute approximate surface area is 205 Å². The number of aryl methyl sites for hydroxylation is 1. The van der Waals surface area contributed by atoms with Gasteiger partial charge in [0, 0.05) is 19.2 Å². The number of ether oxygens (including phenoxy) is 1. The molecule has 0 amide bonds. The number of unbranched alkanes of at least 4 members (excludes halogenated alkanes) is 1. The fourth-order valence-corrected chi connectivity index (χ4v) is 4.26. The molecule has 0 aliphatic carbocycles. The summed E-state index contributed by atoms with van der Waals surface area (Å²) in [6, 6.07) is 17.7. The Kier molecular flexibility index (Phi) is 7.03. The molecule has 2 aromatic carbocycles. The zero-order valence-corrected chi connectivity index (χ0v) is 20.9. The number of nitrogens with zero attached hydrogens (tertiary/aromatic N) is 3. The summed E-state index contributed by atoms with van der Waals surface area (Å²) in [4.78, 5) is 21.9. The quantitative estimate of drug-likeness (QED) is 0.211. The fourth-order valence-electron chi connectivity index (χ4n) is 4.00. The van der Waals surface area contributed by atoms with Gasteiger partial charge < -0.3 is 9.30 Å². The lowest BCUT2D eigenvalue weighted by Crippen LogP contribution is -2.24. The van der Waals surface area contributed by atoms with E-state index in [1.165, 1.54) is 0 Å². The second-order valence-corrected chi connectivity index (χ2v) is 9.79. The van der Waals surface area contributed by atoms with Crippen molar-refractivity contribution in [1.29, 1.82) is 0 Å². The highest BCUT2D eigenvalue weighted by Gasteiger charge is 2.21. The first-order chi connectivity index (χ1) is 16.3. The number of carbonyl (C=O) groups excluding carboxylic acids is 1. The maximum atomic E-state index is 12.8. The molecule has 34 heavy (non-hydrogen) atoms. The van der Waals surface area contributed by atoms with Crippen LogP contribution in [0.15, 0.2) is 60.8 Å². The molecule has 0 fully saturated rings. The summed E-state index contributed by atoms with van der Waals surface area (Å²) in [5.41, 5.74) is 4.69. The van der Waals surface area contributed by atoms with Crippen LogP contribution in [0.4, 0.5) is 0 Å². The Hall–Kier alpha value is -3.18. The number of pyridine rings is 1. The molecule has 0 radical (unpaired) electrons. The predicted octanol–water partition coefficient (Wildman–Crippen LogP) is 7.10. The van der Waals surface area contributed by atoms with Gasteiger partial charge in [-0.2, -0.15) is 0 Å². The first-order valence-corrected chi connectivity index (χ1v) is 12.1. The molecule has 0 spiro atoms. The van der Waals surface area contributed by atoms with Gasteiger partial charge in [-0.05, 0) is 56.0 Å². The van der Waals surface area contributed by atoms with Crippen LogP contribution in [-0.2, 0) is 17.7 Å². The molecule has 0 aliphatic rings. The molecular weight excluding hydrogens is 446 g/mol. The maximum absolute atomic E-state index is 12.8. The molecule has 0 unspecified atom stereocenters. The minimum atomic E-state index is -0.548. The number of fused-ring (bicyclic) bond motifs is 1. The summed E-state index contributed by atoms with van der Waals surface area (Å²) in [5.74, 6) is 0.700. The number of imidazole rings is 1. The van der Waals surface area contributed by atoms with Gasteiger partial charge in [0.1, 0.15) is 16.9 Å². The second kappa shape index (κ2) is 9.98. The van der Waals surface area contributed by atoms with Gasteiger partial charge in [-0.25, -0.2) is 14.8 Å². The number of halogens is 1. The number of rotatable bonds is 7. The summed E-state index contributed by atoms with van der Waals surface area (Å²) >= 11 is 6.46. The molecule has 0 atom stereocenters. The monoisotopic (exact) mass is 475 g/mol. The first-order valence-electron chi connectivity index (χ1n) is 11.7. The third-order valence-corrected chi connectivity index (χ3v) is 5.87. The Balaban J connectivity index is 1.65. The molecule has 0 N–H and O–H groups in total. The van der Waals surface area contributed by atoms with Crippen molar-refractivity contribution in [1.82, 2.24) is 14.5 Å². The smallest absolute Gasteiger partial charge is 0.339 e. The van der Waals surface area contributed by atoms with Crippen molar-refractivity contribution in [3.05, 3.63) is 82.9 Å². The first kappa shape index (κ1) is 24.0. The minimum Gasteiger partial charge on any atom is -0.456 e. The minimum absolute atomic E-state index is 0.320. The molecule has 0 saturated carbocycles. The summed E-state index contributed by atoms with van der Waals surface area (Å²) in [6.07, 6.45) is 4.75. The zero-order chi connectivity index (χ0) is 24.3. The van der Waals surface area contributed by atoms with E-state index in [4.69, 9.17) is 21.3 Å². The van der Waals surface area contributed by atoms with Gasteiger partial charge >= 0.3 is 5.97 Å². The second-order valence-electron chi connectivity index (χ2n) is 9.43. The number of carbonyl (C=O) groups is 1. The van der Waals surface area contributed by atoms with Crippen LogP contribution in [-0.4, -0.2) is 26.1 Å². The molecule has 176 valence electrons. The number of hydrogen-bond donors (Lipinski definition) is 0. The molecular formula is C28H30ClN3O2. The Bertz CT molecular complexity index is 1300. The fraction of sp³-hybridized carbons (Fsp3) is 0.321. The third-order valence-electron chi connectivity index (χ3n) is 5.59. The van der Waals surface area contributed by atoms with Crippen molar-refractivity contribution in [2.75, 3.05) is 0 Å². The SMILES string of the molecule is CCCCc1nc2ccnc(Cl)c2n1Cc1ccc(-c2ccccc2C(=O)OC(C)(C)C)cc1. The standard InChI is InChI=1S/C28H30ClN3O2/c1-5-6-11-24-31-23-16-17-30-26(29)25(23)32(24)18-19-12-14-20(15-13-19)21-9-7-8-10-22(21)27(33)34-28(2,3)4/h7-10,12-17H,5-6,11,18H2,1-4H3. The van der Waals surface area contributed by atoms with Crippen LogP contribution in [0.1, 0.15) is 62.3 Å². The molecule has 0 aliphatic heterocycles. The van der Waals surface area contributed by atoms with E-state index in [1.807, 2.05) is 63.2 Å². The average molecular weight is 476 g/mol. The Morgan fingerprint density at radius 1 is 1.06 bits per heavy atom. The summed E-state index contributed by atoms with van der Waals surface area (Å²) < 4.78 is 7.78. The van der Waals surface area contributed by atoms with Gasteiger partial charge in [-0.3, -0.25) is 0 Å². The topological polar surface area (TPSA) is 57.0 Å². The van der Waals surface area contributed by atoms with E-state index in [-0.39, 0.29) is 5.97 Å². The van der Waals surface area contributed by atoms with E-state index in [0.717, 1.165) is 52.8 Å². The van der Waals surface area contributed by atoms with Gasteiger partial charge in [0.15, 0.2) is 5.15 Å². The average Bonchev–Trinajstić information content (AvgIpc) is 3.15. The van der Waals surface area contributed by atoms with Crippen molar-refractivity contribution in [3.63, 3.8) is 0 Å². The van der Waals surface area contributed by atoms with Crippen LogP contribution in [0, 0.1) is 0 Å². The Morgan fingerprint density at radius 2 is 1.79 bits per heavy atom. The molecule has 2 aromatic heterocycles. The van der Waals surface area contributed by atoms with E-state index < -0.39 is 5.60 Å². The lowest BCUT2D eigenvalue weighted by molar-refractivity contribution is 0.00704. The highest BCUT2D eigenvalue weighted by molar-refractivity contribution is 6.33. The van der Waals surface area contributed by atoms with E-state index in [9.17, 15) is 4.79 Å². The van der Waals surface area contributed by atoms with E-state index in [0.29, 0.717) is 17.3 Å². The lowest BCUT2D eigenvalue weighted by atomic mass is 9.98. The van der Waals surface area contributed by atoms with E-state index in [1.54, 1.807) is 6.20 Å². The van der Waals surface area contributed by atoms with Crippen LogP contribution in [0.2, 0.25) is 5.15 Å². The van der Waals surface area contributed by atoms with Gasteiger partial charge in [-0.15, -0.1) is 0 Å². The number of hydrogen-bond acceptors (Lipinski definition) is 4. The van der Waals surface area contributed by atoms with Crippen LogP contribution in [0.25, 0.3) is 22.2 Å². The largest absolute Gasteiger partial charge is 0.456 e. The summed E-state index contributed by atoms with van der Waals surface area (Å²) in [5, 5.41) is 0.468. The number of esters is 1. The van der Waals surface area contributed by atoms with E-state index >= 15 is 0 Å². The summed E-state index contributed by atoms with van der Waals surface area (Å²) in [6.45, 7) is 8.44. The van der Waals surface area contributed by atoms with Crippen molar-refractivity contribution < 1.29 is 9.53 Å². The zero-order valence-electron chi connectivity index (χ0n) is 20.1. The predicted molar refractivity (Wildman–Crippen MR) is 137 cm³/mol. The van der Waals surface area contributed by atoms with E-state index in [2.05, 4.69) is 28.6 Å². The van der Waals surface area contributed by atoms with Gasteiger partial charge in [0.2, 0.25) is 0 Å². The van der Waals surface area contributed by atoms with Crippen molar-refractivity contribution in [2.24, 2.45) is 0 Å². The lowest BCUT2D eigenvalue weighted by Gasteiger charge is -2.20. The molecule has 0 saturated heterocycles. The third kappa shape index (κ3) is 5.31. The highest BCUT2D eigenvalue weighted by atomic mass is 35.5. The van der Waals surface area contributed by atoms with Crippen LogP contribution < -0.4 is 0 Å². The van der Waals surface area contributed by atoms with Gasteiger partial charge in [0.25, 0.3) is 0 Å². The van der Waals surface area contributed by atoms with Crippen LogP contribution in [0.3, 0.4) is 0 Å². The van der Waals surface area contributed by atoms with Crippen LogP contribution >= 0.6 is 11.6 Å². The van der Waals surface area contributed by atoms with Crippen LogP contribution in [0.5, 0.6) is 0 Å². The molecule has 0 bridgehead atoms. The molecule has 4 rings (SSSR count). The highest BCUT2D eigenvalue weighted by Crippen LogP contribution is 2.28. The number of aromatic nitrogens is 3. The Morgan fingerprint density at radius 3 is 2.50 bits per heavy atom. The molecule has 2 heterocycles. The molecule has 5 nitrogen and oxygen atoms in total. The molecule has 6 heteroatoms.